The van der Waals surface area contributed by atoms with Crippen LogP contribution in [0.1, 0.15) is 31.7 Å². The molecule has 1 aromatic rings. The minimum atomic E-state index is 1.17. The lowest BCUT2D eigenvalue weighted by Crippen LogP contribution is -2.00. The van der Waals surface area contributed by atoms with Gasteiger partial charge in [0, 0.05) is 18.0 Å². The lowest BCUT2D eigenvalue weighted by Gasteiger charge is -2.19. The van der Waals surface area contributed by atoms with Gasteiger partial charge in [-0.2, -0.15) is 0 Å². The Morgan fingerprint density at radius 1 is 1.25 bits per heavy atom. The molecule has 2 nitrogen and oxygen atoms in total. The lowest BCUT2D eigenvalue weighted by molar-refractivity contribution is 0.665. The zero-order valence-corrected chi connectivity index (χ0v) is 7.25. The van der Waals surface area contributed by atoms with Crippen molar-refractivity contribution in [2.75, 3.05) is 0 Å². The molecule has 1 aliphatic rings. The van der Waals surface area contributed by atoms with Gasteiger partial charge in [0.15, 0.2) is 0 Å². The van der Waals surface area contributed by atoms with E-state index >= 15 is 0 Å². The maximum absolute atomic E-state index is 4.00. The highest BCUT2D eigenvalue weighted by atomic mass is 14.8. The first kappa shape index (κ1) is 7.47. The molecule has 2 heteroatoms. The number of allylic oxidation sites excluding steroid dienone is 2. The number of aromatic nitrogens is 2. The van der Waals surface area contributed by atoms with E-state index in [0.717, 1.165) is 0 Å². The predicted octanol–water partition coefficient (Wildman–Crippen LogP) is 2.43. The van der Waals surface area contributed by atoms with E-state index in [1.807, 2.05) is 12.4 Å². The van der Waals surface area contributed by atoms with E-state index in [1.54, 1.807) is 11.9 Å². The first-order valence-corrected chi connectivity index (χ1v) is 4.32. The van der Waals surface area contributed by atoms with E-state index in [4.69, 9.17) is 0 Å². The third-order valence-electron chi connectivity index (χ3n) is 2.48. The molecule has 1 fully saturated rings. The highest BCUT2D eigenvalue weighted by molar-refractivity contribution is 5.66. The Kier molecular flexibility index (Phi) is 1.90. The molecule has 0 aromatic carbocycles. The van der Waals surface area contributed by atoms with Crippen molar-refractivity contribution >= 4 is 5.57 Å². The molecule has 0 N–H and O–H groups in total. The molecular formula is C10H12N2. The Hall–Kier alpha value is -1.18. The summed E-state index contributed by atoms with van der Waals surface area (Å²) in [6, 6.07) is 0. The summed E-state index contributed by atoms with van der Waals surface area (Å²) in [6.07, 6.45) is 9.21. The second-order valence-electron chi connectivity index (χ2n) is 3.21. The summed E-state index contributed by atoms with van der Waals surface area (Å²) in [4.78, 5) is 8.00. The summed E-state index contributed by atoms with van der Waals surface area (Å²) < 4.78 is 0. The average Bonchev–Trinajstić information content (AvgIpc) is 2.03. The van der Waals surface area contributed by atoms with Crippen molar-refractivity contribution in [3.63, 3.8) is 0 Å². The first-order valence-electron chi connectivity index (χ1n) is 4.32. The summed E-state index contributed by atoms with van der Waals surface area (Å²) in [5.74, 6) is 0. The quantitative estimate of drug-likeness (QED) is 0.630. The zero-order valence-electron chi connectivity index (χ0n) is 7.25. The molecule has 1 heterocycles. The molecule has 0 unspecified atom stereocenters. The van der Waals surface area contributed by atoms with Crippen LogP contribution in [0.3, 0.4) is 0 Å². The number of rotatable bonds is 1. The van der Waals surface area contributed by atoms with Crippen LogP contribution in [0, 0.1) is 0 Å². The number of hydrogen-bond donors (Lipinski definition) is 0. The molecule has 0 radical (unpaired) electrons. The topological polar surface area (TPSA) is 25.8 Å². The van der Waals surface area contributed by atoms with Gasteiger partial charge in [0.05, 0.1) is 0 Å². The van der Waals surface area contributed by atoms with Crippen LogP contribution in [-0.4, -0.2) is 9.97 Å². The Bertz CT molecular complexity index is 295. The molecule has 1 aromatic heterocycles. The van der Waals surface area contributed by atoms with Crippen molar-refractivity contribution in [2.24, 2.45) is 0 Å². The molecule has 1 aliphatic carbocycles. The Balaban J connectivity index is 2.31. The molecule has 12 heavy (non-hydrogen) atoms. The summed E-state index contributed by atoms with van der Waals surface area (Å²) in [7, 11) is 0. The van der Waals surface area contributed by atoms with Gasteiger partial charge in [-0.05, 0) is 31.8 Å². The fourth-order valence-electron chi connectivity index (χ4n) is 1.43. The lowest BCUT2D eigenvalue weighted by atomic mass is 9.87. The Labute approximate surface area is 72.4 Å². The predicted molar refractivity (Wildman–Crippen MR) is 48.5 cm³/mol. The van der Waals surface area contributed by atoms with Gasteiger partial charge in [0.25, 0.3) is 0 Å². The van der Waals surface area contributed by atoms with Crippen LogP contribution in [-0.2, 0) is 0 Å². The summed E-state index contributed by atoms with van der Waals surface area (Å²) >= 11 is 0. The second kappa shape index (κ2) is 3.05. The van der Waals surface area contributed by atoms with Gasteiger partial charge in [-0.25, -0.2) is 9.97 Å². The van der Waals surface area contributed by atoms with Crippen LogP contribution in [0.2, 0.25) is 0 Å². The molecule has 62 valence electrons. The van der Waals surface area contributed by atoms with E-state index in [0.29, 0.717) is 0 Å². The van der Waals surface area contributed by atoms with Gasteiger partial charge < -0.3 is 0 Å². The van der Waals surface area contributed by atoms with Crippen molar-refractivity contribution in [1.82, 2.24) is 9.97 Å². The van der Waals surface area contributed by atoms with Crippen molar-refractivity contribution < 1.29 is 0 Å². The van der Waals surface area contributed by atoms with E-state index in [1.165, 1.54) is 30.4 Å². The van der Waals surface area contributed by atoms with Gasteiger partial charge in [0.1, 0.15) is 6.33 Å². The molecule has 0 spiro atoms. The minimum Gasteiger partial charge on any atom is -0.244 e. The van der Waals surface area contributed by atoms with Crippen LogP contribution in [0.4, 0.5) is 0 Å². The fourth-order valence-corrected chi connectivity index (χ4v) is 1.43. The van der Waals surface area contributed by atoms with Gasteiger partial charge in [0.2, 0.25) is 0 Å². The Morgan fingerprint density at radius 2 is 1.92 bits per heavy atom. The van der Waals surface area contributed by atoms with Crippen LogP contribution >= 0.6 is 0 Å². The van der Waals surface area contributed by atoms with Crippen molar-refractivity contribution in [3.05, 3.63) is 29.9 Å². The molecule has 0 atom stereocenters. The van der Waals surface area contributed by atoms with Gasteiger partial charge in [-0.3, -0.25) is 0 Å². The summed E-state index contributed by atoms with van der Waals surface area (Å²) in [6.45, 7) is 2.16. The second-order valence-corrected chi connectivity index (χ2v) is 3.21. The monoisotopic (exact) mass is 160 g/mol. The maximum atomic E-state index is 4.00. The molecule has 1 saturated carbocycles. The van der Waals surface area contributed by atoms with E-state index in [2.05, 4.69) is 16.9 Å². The maximum Gasteiger partial charge on any atom is 0.115 e. The SMILES string of the molecule is CC(=C1CCC1)c1cncnc1. The summed E-state index contributed by atoms with van der Waals surface area (Å²) in [5.41, 5.74) is 4.12. The third-order valence-corrected chi connectivity index (χ3v) is 2.48. The first-order chi connectivity index (χ1) is 5.88. The van der Waals surface area contributed by atoms with Crippen LogP contribution in [0.25, 0.3) is 5.57 Å². The van der Waals surface area contributed by atoms with Crippen LogP contribution in [0.5, 0.6) is 0 Å². The molecule has 0 aliphatic heterocycles. The third kappa shape index (κ3) is 1.24. The van der Waals surface area contributed by atoms with Crippen LogP contribution < -0.4 is 0 Å². The van der Waals surface area contributed by atoms with Crippen molar-refractivity contribution in [2.45, 2.75) is 26.2 Å². The number of hydrogen-bond acceptors (Lipinski definition) is 2. The van der Waals surface area contributed by atoms with Gasteiger partial charge in [-0.1, -0.05) is 5.57 Å². The highest BCUT2D eigenvalue weighted by Gasteiger charge is 2.12. The standard InChI is InChI=1S/C10H12N2/c1-8(9-3-2-4-9)10-5-11-7-12-6-10/h5-7H,2-4H2,1H3. The van der Waals surface area contributed by atoms with E-state index in [-0.39, 0.29) is 0 Å². The molecule has 2 rings (SSSR count). The highest BCUT2D eigenvalue weighted by Crippen LogP contribution is 2.32. The molecule has 0 amide bonds. The van der Waals surface area contributed by atoms with E-state index < -0.39 is 0 Å². The largest absolute Gasteiger partial charge is 0.244 e. The average molecular weight is 160 g/mol. The number of nitrogens with zero attached hydrogens (tertiary/aromatic N) is 2. The van der Waals surface area contributed by atoms with Crippen molar-refractivity contribution in [3.8, 4) is 0 Å². The van der Waals surface area contributed by atoms with Crippen LogP contribution in [0.15, 0.2) is 24.3 Å². The fraction of sp³-hybridized carbons (Fsp3) is 0.400. The molecule has 0 bridgehead atoms. The van der Waals surface area contributed by atoms with Gasteiger partial charge >= 0.3 is 0 Å². The van der Waals surface area contributed by atoms with Crippen molar-refractivity contribution in [1.29, 1.82) is 0 Å². The zero-order chi connectivity index (χ0) is 8.39. The normalized spacial score (nSPS) is 15.6. The molecular weight excluding hydrogens is 148 g/mol. The minimum absolute atomic E-state index is 1.17. The van der Waals surface area contributed by atoms with E-state index in [9.17, 15) is 0 Å². The molecule has 0 saturated heterocycles. The smallest absolute Gasteiger partial charge is 0.115 e. The summed E-state index contributed by atoms with van der Waals surface area (Å²) in [5, 5.41) is 0. The van der Waals surface area contributed by atoms with Gasteiger partial charge in [-0.15, -0.1) is 0 Å². The Morgan fingerprint density at radius 3 is 2.42 bits per heavy atom.